The van der Waals surface area contributed by atoms with Gasteiger partial charge in [-0.25, -0.2) is 0 Å². The Morgan fingerprint density at radius 3 is 2.60 bits per heavy atom. The molecule has 0 saturated heterocycles. The summed E-state index contributed by atoms with van der Waals surface area (Å²) < 4.78 is 4.85. The summed E-state index contributed by atoms with van der Waals surface area (Å²) in [6.07, 6.45) is 1.67. The van der Waals surface area contributed by atoms with Gasteiger partial charge < -0.3 is 19.8 Å². The molecule has 0 atom stereocenters. The topological polar surface area (TPSA) is 87.1 Å². The molecule has 0 heterocycles. The lowest BCUT2D eigenvalue weighted by molar-refractivity contribution is -0.144. The van der Waals surface area contributed by atoms with Crippen LogP contribution in [0.3, 0.4) is 0 Å². The average Bonchev–Trinajstić information content (AvgIpc) is 3.20. The molecule has 1 aromatic carbocycles. The molecule has 1 saturated carbocycles. The Labute approximate surface area is 116 Å². The third-order valence-electron chi connectivity index (χ3n) is 3.07. The molecule has 1 aromatic rings. The van der Waals surface area contributed by atoms with Crippen LogP contribution in [0.5, 0.6) is 11.5 Å². The van der Waals surface area contributed by atoms with Crippen molar-refractivity contribution in [3.05, 3.63) is 23.8 Å². The summed E-state index contributed by atoms with van der Waals surface area (Å²) in [5.74, 6) is -1.32. The van der Waals surface area contributed by atoms with Gasteiger partial charge in [0.1, 0.15) is 18.0 Å². The minimum absolute atomic E-state index is 0.0140. The lowest BCUT2D eigenvalue weighted by Gasteiger charge is -2.21. The number of carbonyl (C=O) groups excluding carboxylic acids is 2. The van der Waals surface area contributed by atoms with Gasteiger partial charge in [0, 0.05) is 12.1 Å². The van der Waals surface area contributed by atoms with Crippen molar-refractivity contribution in [3.8, 4) is 11.5 Å². The fourth-order valence-corrected chi connectivity index (χ4v) is 1.95. The Morgan fingerprint density at radius 1 is 1.35 bits per heavy atom. The molecule has 0 aliphatic heterocycles. The van der Waals surface area contributed by atoms with E-state index in [0.29, 0.717) is 0 Å². The van der Waals surface area contributed by atoms with Crippen molar-refractivity contribution in [1.82, 2.24) is 4.90 Å². The molecule has 1 fully saturated rings. The molecule has 0 unspecified atom stereocenters. The van der Waals surface area contributed by atoms with Crippen LogP contribution in [0.15, 0.2) is 18.2 Å². The Balaban J connectivity index is 2.16. The molecular formula is C14H17NO5. The molecular weight excluding hydrogens is 262 g/mol. The van der Waals surface area contributed by atoms with Crippen LogP contribution in [0.2, 0.25) is 0 Å². The molecule has 2 N–H and O–H groups in total. The number of nitrogens with zero attached hydrogens (tertiary/aromatic N) is 1. The Hall–Kier alpha value is -2.24. The summed E-state index contributed by atoms with van der Waals surface area (Å²) in [5, 5.41) is 19.0. The van der Waals surface area contributed by atoms with Crippen LogP contribution in [-0.4, -0.2) is 46.2 Å². The fourth-order valence-electron chi connectivity index (χ4n) is 1.95. The summed E-state index contributed by atoms with van der Waals surface area (Å²) in [5.41, 5.74) is 0.0685. The van der Waals surface area contributed by atoms with E-state index in [9.17, 15) is 19.8 Å². The van der Waals surface area contributed by atoms with Crippen molar-refractivity contribution in [1.29, 1.82) is 0 Å². The minimum atomic E-state index is -0.467. The van der Waals surface area contributed by atoms with E-state index in [1.54, 1.807) is 6.92 Å². The van der Waals surface area contributed by atoms with Gasteiger partial charge in [-0.05, 0) is 31.9 Å². The zero-order valence-electron chi connectivity index (χ0n) is 11.2. The van der Waals surface area contributed by atoms with E-state index in [0.717, 1.165) is 18.9 Å². The fraction of sp³-hybridized carbons (Fsp3) is 0.429. The number of amides is 1. The first-order chi connectivity index (χ1) is 9.52. The van der Waals surface area contributed by atoms with Gasteiger partial charge in [-0.1, -0.05) is 0 Å². The smallest absolute Gasteiger partial charge is 0.325 e. The molecule has 1 aliphatic carbocycles. The van der Waals surface area contributed by atoms with E-state index >= 15 is 0 Å². The molecule has 1 amide bonds. The molecule has 20 heavy (non-hydrogen) atoms. The normalized spacial score (nSPS) is 13.8. The third-order valence-corrected chi connectivity index (χ3v) is 3.07. The zero-order valence-corrected chi connectivity index (χ0v) is 11.2. The molecule has 6 heteroatoms. The van der Waals surface area contributed by atoms with Crippen LogP contribution in [0, 0.1) is 0 Å². The van der Waals surface area contributed by atoms with Crippen molar-refractivity contribution in [2.75, 3.05) is 13.2 Å². The predicted octanol–water partition coefficient (Wildman–Crippen LogP) is 1.27. The van der Waals surface area contributed by atoms with Crippen molar-refractivity contribution >= 4 is 11.9 Å². The first-order valence-corrected chi connectivity index (χ1v) is 6.51. The highest BCUT2D eigenvalue weighted by atomic mass is 16.5. The van der Waals surface area contributed by atoms with Gasteiger partial charge >= 0.3 is 5.97 Å². The van der Waals surface area contributed by atoms with E-state index in [1.807, 2.05) is 0 Å². The predicted molar refractivity (Wildman–Crippen MR) is 70.5 cm³/mol. The first-order valence-electron chi connectivity index (χ1n) is 6.51. The van der Waals surface area contributed by atoms with Gasteiger partial charge in [-0.2, -0.15) is 0 Å². The highest BCUT2D eigenvalue weighted by Gasteiger charge is 2.35. The zero-order chi connectivity index (χ0) is 14.7. The maximum absolute atomic E-state index is 12.4. The summed E-state index contributed by atoms with van der Waals surface area (Å²) in [6, 6.07) is 3.78. The number of phenols is 2. The highest BCUT2D eigenvalue weighted by Crippen LogP contribution is 2.31. The number of aromatic hydroxyl groups is 2. The van der Waals surface area contributed by atoms with E-state index in [2.05, 4.69) is 0 Å². The molecule has 1 aliphatic rings. The van der Waals surface area contributed by atoms with Crippen molar-refractivity contribution < 1.29 is 24.5 Å². The molecule has 108 valence electrons. The second-order valence-corrected chi connectivity index (χ2v) is 4.67. The summed E-state index contributed by atoms with van der Waals surface area (Å²) in [7, 11) is 0. The van der Waals surface area contributed by atoms with Gasteiger partial charge in [0.25, 0.3) is 5.91 Å². The summed E-state index contributed by atoms with van der Waals surface area (Å²) in [6.45, 7) is 1.83. The van der Waals surface area contributed by atoms with Gasteiger partial charge in [0.2, 0.25) is 0 Å². The van der Waals surface area contributed by atoms with Crippen molar-refractivity contribution in [2.24, 2.45) is 0 Å². The average molecular weight is 279 g/mol. The molecule has 0 radical (unpaired) electrons. The van der Waals surface area contributed by atoms with Gasteiger partial charge in [-0.3, -0.25) is 9.59 Å². The van der Waals surface area contributed by atoms with E-state index in [1.165, 1.54) is 17.0 Å². The van der Waals surface area contributed by atoms with Crippen LogP contribution in [0.4, 0.5) is 0 Å². The van der Waals surface area contributed by atoms with Crippen molar-refractivity contribution in [3.63, 3.8) is 0 Å². The number of ether oxygens (including phenoxy) is 1. The lowest BCUT2D eigenvalue weighted by atomic mass is 10.1. The van der Waals surface area contributed by atoms with Crippen LogP contribution in [-0.2, 0) is 9.53 Å². The monoisotopic (exact) mass is 279 g/mol. The standard InChI is InChI=1S/C14H17NO5/c1-2-20-13(18)8-15(9-3-4-9)14(19)11-6-5-10(16)7-12(11)17/h5-7,9,16-17H,2-4,8H2,1H3. The SMILES string of the molecule is CCOC(=O)CN(C(=O)c1ccc(O)cc1O)C1CC1. The maximum Gasteiger partial charge on any atom is 0.325 e. The second-order valence-electron chi connectivity index (χ2n) is 4.67. The summed E-state index contributed by atoms with van der Waals surface area (Å²) >= 11 is 0. The Kier molecular flexibility index (Phi) is 4.12. The Morgan fingerprint density at radius 2 is 2.05 bits per heavy atom. The molecule has 6 nitrogen and oxygen atoms in total. The minimum Gasteiger partial charge on any atom is -0.508 e. The van der Waals surface area contributed by atoms with E-state index in [-0.39, 0.29) is 36.3 Å². The number of hydrogen-bond donors (Lipinski definition) is 2. The Bertz CT molecular complexity index is 524. The number of rotatable bonds is 5. The van der Waals surface area contributed by atoms with Crippen LogP contribution in [0.25, 0.3) is 0 Å². The third kappa shape index (κ3) is 3.20. The number of carbonyl (C=O) groups is 2. The van der Waals surface area contributed by atoms with Gasteiger partial charge in [0.15, 0.2) is 0 Å². The first kappa shape index (κ1) is 14.2. The van der Waals surface area contributed by atoms with Crippen LogP contribution < -0.4 is 0 Å². The summed E-state index contributed by atoms with van der Waals surface area (Å²) in [4.78, 5) is 25.3. The number of esters is 1. The largest absolute Gasteiger partial charge is 0.508 e. The molecule has 0 bridgehead atoms. The highest BCUT2D eigenvalue weighted by molar-refractivity contribution is 5.98. The van der Waals surface area contributed by atoms with E-state index in [4.69, 9.17) is 4.74 Å². The number of benzene rings is 1. The van der Waals surface area contributed by atoms with E-state index < -0.39 is 11.9 Å². The van der Waals surface area contributed by atoms with Crippen LogP contribution in [0.1, 0.15) is 30.1 Å². The number of phenolic OH excluding ortho intramolecular Hbond substituents is 2. The van der Waals surface area contributed by atoms with Gasteiger partial charge in [0.05, 0.1) is 12.2 Å². The quantitative estimate of drug-likeness (QED) is 0.792. The van der Waals surface area contributed by atoms with Gasteiger partial charge in [-0.15, -0.1) is 0 Å². The van der Waals surface area contributed by atoms with Crippen molar-refractivity contribution in [2.45, 2.75) is 25.8 Å². The lowest BCUT2D eigenvalue weighted by Crippen LogP contribution is -2.38. The van der Waals surface area contributed by atoms with Crippen LogP contribution >= 0.6 is 0 Å². The number of hydrogen-bond acceptors (Lipinski definition) is 5. The molecule has 0 spiro atoms. The maximum atomic E-state index is 12.4. The molecule has 0 aromatic heterocycles. The molecule has 2 rings (SSSR count). The second kappa shape index (κ2) is 5.81.